The van der Waals surface area contributed by atoms with Crippen molar-refractivity contribution < 1.29 is 9.53 Å². The van der Waals surface area contributed by atoms with E-state index < -0.39 is 5.60 Å². The maximum atomic E-state index is 12.1. The first-order chi connectivity index (χ1) is 12.2. The van der Waals surface area contributed by atoms with Crippen molar-refractivity contribution in [2.45, 2.75) is 53.1 Å². The predicted molar refractivity (Wildman–Crippen MR) is 105 cm³/mol. The quantitative estimate of drug-likeness (QED) is 0.602. The third-order valence-electron chi connectivity index (χ3n) is 6.54. The second-order valence-corrected chi connectivity index (χ2v) is 9.81. The summed E-state index contributed by atoms with van der Waals surface area (Å²) in [5.74, 6) is 1.71. The van der Waals surface area contributed by atoms with Crippen LogP contribution in [0.4, 0.5) is 4.79 Å². The maximum Gasteiger partial charge on any atom is 0.410 e. The van der Waals surface area contributed by atoms with E-state index >= 15 is 0 Å². The number of carbonyl (C=O) groups excluding carboxylic acids is 1. The highest BCUT2D eigenvalue weighted by Gasteiger charge is 2.50. The van der Waals surface area contributed by atoms with Gasteiger partial charge in [0.05, 0.1) is 0 Å². The van der Waals surface area contributed by atoms with Crippen molar-refractivity contribution in [2.24, 2.45) is 17.3 Å². The standard InChI is InChI=1S/C21H37N3O2/c1-20(2,3)26-19(25)24-12-10-23(11-13-24)9-8-22-15-16-6-7-17-14-18(16)21(17,4)5/h6,17-18,22H,7-15H2,1-5H3/t17-,18-/m0/s1. The average molecular weight is 364 g/mol. The van der Waals surface area contributed by atoms with E-state index in [9.17, 15) is 4.79 Å². The minimum atomic E-state index is -0.416. The van der Waals surface area contributed by atoms with Crippen molar-refractivity contribution in [1.29, 1.82) is 0 Å². The first-order valence-corrected chi connectivity index (χ1v) is 10.3. The Labute approximate surface area is 159 Å². The molecule has 2 bridgehead atoms. The lowest BCUT2D eigenvalue weighted by atomic mass is 9.49. The zero-order valence-corrected chi connectivity index (χ0v) is 17.3. The van der Waals surface area contributed by atoms with E-state index in [1.54, 1.807) is 5.57 Å². The maximum absolute atomic E-state index is 12.1. The van der Waals surface area contributed by atoms with E-state index in [0.29, 0.717) is 5.41 Å². The van der Waals surface area contributed by atoms with Gasteiger partial charge in [-0.3, -0.25) is 4.90 Å². The largest absolute Gasteiger partial charge is 0.444 e. The number of piperazine rings is 1. The van der Waals surface area contributed by atoms with E-state index in [-0.39, 0.29) is 6.09 Å². The van der Waals surface area contributed by atoms with Crippen LogP contribution in [0.1, 0.15) is 47.5 Å². The molecule has 0 aromatic heterocycles. The molecule has 1 amide bonds. The van der Waals surface area contributed by atoms with Crippen LogP contribution in [0.25, 0.3) is 0 Å². The number of nitrogens with one attached hydrogen (secondary N) is 1. The van der Waals surface area contributed by atoms with Crippen LogP contribution in [0.15, 0.2) is 11.6 Å². The van der Waals surface area contributed by atoms with Crippen LogP contribution >= 0.6 is 0 Å². The summed E-state index contributed by atoms with van der Waals surface area (Å²) in [7, 11) is 0. The molecule has 5 heteroatoms. The van der Waals surface area contributed by atoms with Gasteiger partial charge >= 0.3 is 6.09 Å². The lowest BCUT2D eigenvalue weighted by Crippen LogP contribution is -2.51. The Morgan fingerprint density at radius 2 is 1.96 bits per heavy atom. The molecule has 2 atom stereocenters. The van der Waals surface area contributed by atoms with Gasteiger partial charge in [0.15, 0.2) is 0 Å². The van der Waals surface area contributed by atoms with Crippen molar-refractivity contribution in [2.75, 3.05) is 45.8 Å². The lowest BCUT2D eigenvalue weighted by Gasteiger charge is -2.56. The van der Waals surface area contributed by atoms with Crippen LogP contribution in [0.5, 0.6) is 0 Å². The van der Waals surface area contributed by atoms with Gasteiger partial charge in [0.2, 0.25) is 0 Å². The fraction of sp³-hybridized carbons (Fsp3) is 0.857. The fourth-order valence-electron chi connectivity index (χ4n) is 4.63. The van der Waals surface area contributed by atoms with Gasteiger partial charge in [-0.15, -0.1) is 0 Å². The van der Waals surface area contributed by atoms with Crippen LogP contribution in [0, 0.1) is 17.3 Å². The van der Waals surface area contributed by atoms with Crippen LogP contribution < -0.4 is 5.32 Å². The first kappa shape index (κ1) is 19.7. The fourth-order valence-corrected chi connectivity index (χ4v) is 4.63. The molecule has 5 nitrogen and oxygen atoms in total. The highest BCUT2D eigenvalue weighted by atomic mass is 16.6. The van der Waals surface area contributed by atoms with Crippen LogP contribution in [0.2, 0.25) is 0 Å². The molecule has 1 saturated carbocycles. The molecule has 1 aliphatic heterocycles. The third kappa shape index (κ3) is 4.42. The number of hydrogen-bond donors (Lipinski definition) is 1. The zero-order chi connectivity index (χ0) is 18.9. The van der Waals surface area contributed by atoms with Crippen LogP contribution in [-0.4, -0.2) is 67.3 Å². The number of rotatable bonds is 5. The average Bonchev–Trinajstić information content (AvgIpc) is 2.57. The van der Waals surface area contributed by atoms with E-state index in [4.69, 9.17) is 4.74 Å². The van der Waals surface area contributed by atoms with Crippen molar-refractivity contribution in [3.05, 3.63) is 11.6 Å². The molecular weight excluding hydrogens is 326 g/mol. The zero-order valence-electron chi connectivity index (χ0n) is 17.3. The number of fused-ring (bicyclic) bond motifs is 1. The van der Waals surface area contributed by atoms with E-state index in [1.165, 1.54) is 12.8 Å². The topological polar surface area (TPSA) is 44.8 Å². The highest BCUT2D eigenvalue weighted by molar-refractivity contribution is 5.68. The molecule has 1 N–H and O–H groups in total. The SMILES string of the molecule is CC(C)(C)OC(=O)N1CCN(CCNCC2=CC[C@H]3C[C@@H]2C3(C)C)CC1. The number of ether oxygens (including phenoxy) is 1. The van der Waals surface area contributed by atoms with Gasteiger partial charge < -0.3 is 15.0 Å². The number of nitrogens with zero attached hydrogens (tertiary/aromatic N) is 2. The van der Waals surface area contributed by atoms with Gasteiger partial charge in [0.25, 0.3) is 0 Å². The molecular formula is C21H37N3O2. The van der Waals surface area contributed by atoms with Gasteiger partial charge in [-0.2, -0.15) is 0 Å². The summed E-state index contributed by atoms with van der Waals surface area (Å²) in [6, 6.07) is 0. The second-order valence-electron chi connectivity index (χ2n) is 9.81. The molecule has 0 aromatic rings. The Bertz CT molecular complexity index is 542. The van der Waals surface area contributed by atoms with Crippen molar-refractivity contribution in [3.63, 3.8) is 0 Å². The van der Waals surface area contributed by atoms with E-state index in [2.05, 4.69) is 30.1 Å². The second kappa shape index (κ2) is 7.51. The number of amides is 1. The summed E-state index contributed by atoms with van der Waals surface area (Å²) in [5.41, 5.74) is 1.73. The minimum absolute atomic E-state index is 0.180. The van der Waals surface area contributed by atoms with Gasteiger partial charge in [-0.1, -0.05) is 25.5 Å². The van der Waals surface area contributed by atoms with Gasteiger partial charge in [-0.05, 0) is 50.9 Å². The van der Waals surface area contributed by atoms with Crippen LogP contribution in [-0.2, 0) is 4.74 Å². The van der Waals surface area contributed by atoms with Crippen molar-refractivity contribution in [1.82, 2.24) is 15.1 Å². The summed E-state index contributed by atoms with van der Waals surface area (Å²) >= 11 is 0. The summed E-state index contributed by atoms with van der Waals surface area (Å²) in [6.07, 6.45) is 4.97. The summed E-state index contributed by atoms with van der Waals surface area (Å²) in [4.78, 5) is 16.4. The number of carbonyl (C=O) groups is 1. The summed E-state index contributed by atoms with van der Waals surface area (Å²) < 4.78 is 5.46. The number of allylic oxidation sites excluding steroid dienone is 1. The molecule has 1 heterocycles. The number of hydrogen-bond acceptors (Lipinski definition) is 4. The lowest BCUT2D eigenvalue weighted by molar-refractivity contribution is -0.00744. The van der Waals surface area contributed by atoms with Crippen molar-refractivity contribution in [3.8, 4) is 0 Å². The molecule has 0 radical (unpaired) electrons. The molecule has 4 rings (SSSR count). The van der Waals surface area contributed by atoms with Gasteiger partial charge in [-0.25, -0.2) is 4.79 Å². The van der Waals surface area contributed by atoms with E-state index in [1.807, 2.05) is 25.7 Å². The first-order valence-electron chi connectivity index (χ1n) is 10.3. The van der Waals surface area contributed by atoms with E-state index in [0.717, 1.165) is 57.6 Å². The Hall–Kier alpha value is -1.07. The highest BCUT2D eigenvalue weighted by Crippen LogP contribution is 2.58. The summed E-state index contributed by atoms with van der Waals surface area (Å²) in [5, 5.41) is 3.65. The Kier molecular flexibility index (Phi) is 5.69. The third-order valence-corrected chi connectivity index (χ3v) is 6.54. The molecule has 2 fully saturated rings. The van der Waals surface area contributed by atoms with Gasteiger partial charge in [0, 0.05) is 45.8 Å². The molecule has 26 heavy (non-hydrogen) atoms. The smallest absolute Gasteiger partial charge is 0.410 e. The Morgan fingerprint density at radius 1 is 1.27 bits per heavy atom. The Morgan fingerprint density at radius 3 is 2.54 bits per heavy atom. The normalized spacial score (nSPS) is 28.3. The van der Waals surface area contributed by atoms with Crippen LogP contribution in [0.3, 0.4) is 0 Å². The molecule has 4 aliphatic rings. The minimum Gasteiger partial charge on any atom is -0.444 e. The molecule has 0 spiro atoms. The molecule has 0 aromatic carbocycles. The molecule has 0 unspecified atom stereocenters. The van der Waals surface area contributed by atoms with Crippen molar-refractivity contribution >= 4 is 6.09 Å². The summed E-state index contributed by atoms with van der Waals surface area (Å²) in [6.45, 7) is 17.1. The predicted octanol–water partition coefficient (Wildman–Crippen LogP) is 3.12. The molecule has 3 aliphatic carbocycles. The Balaban J connectivity index is 1.31. The van der Waals surface area contributed by atoms with Gasteiger partial charge in [0.1, 0.15) is 5.60 Å². The monoisotopic (exact) mass is 363 g/mol. The molecule has 148 valence electrons. The molecule has 1 saturated heterocycles.